The van der Waals surface area contributed by atoms with Gasteiger partial charge in [-0.25, -0.2) is 4.39 Å². The summed E-state index contributed by atoms with van der Waals surface area (Å²) in [7, 11) is 0. The minimum atomic E-state index is -0.552. The summed E-state index contributed by atoms with van der Waals surface area (Å²) in [5, 5.41) is 14.0. The van der Waals surface area contributed by atoms with Crippen LogP contribution in [0, 0.1) is 5.82 Å². The average molecular weight is 251 g/mol. The number of hydrogen-bond acceptors (Lipinski definition) is 3. The molecule has 17 heavy (non-hydrogen) atoms. The summed E-state index contributed by atoms with van der Waals surface area (Å²) in [5.74, 6) is -1.27. The molecule has 3 nitrogen and oxygen atoms in total. The topological polar surface area (TPSA) is 49.3 Å². The molecule has 5 heteroatoms. The highest BCUT2D eigenvalue weighted by Crippen LogP contribution is 2.18. The Balaban J connectivity index is 2.07. The number of amides is 1. The van der Waals surface area contributed by atoms with Gasteiger partial charge in [-0.15, -0.1) is 11.3 Å². The molecule has 0 spiro atoms. The molecule has 0 unspecified atom stereocenters. The molecule has 0 bridgehead atoms. The van der Waals surface area contributed by atoms with Gasteiger partial charge in [0.25, 0.3) is 5.91 Å². The fourth-order valence-electron chi connectivity index (χ4n) is 1.37. The van der Waals surface area contributed by atoms with Crippen LogP contribution in [0.15, 0.2) is 35.7 Å². The van der Waals surface area contributed by atoms with E-state index in [0.717, 1.165) is 23.1 Å². The highest BCUT2D eigenvalue weighted by Gasteiger charge is 2.11. The minimum Gasteiger partial charge on any atom is -0.507 e. The molecule has 1 amide bonds. The maximum atomic E-state index is 12.9. The Morgan fingerprint density at radius 2 is 2.24 bits per heavy atom. The molecule has 0 saturated carbocycles. The number of phenolic OH excluding ortho intramolecular Hbond substituents is 1. The lowest BCUT2D eigenvalue weighted by atomic mass is 10.2. The lowest BCUT2D eigenvalue weighted by Gasteiger charge is -2.05. The maximum Gasteiger partial charge on any atom is 0.255 e. The molecular formula is C12H10FNO2S. The number of halogens is 1. The number of aromatic hydroxyl groups is 1. The zero-order valence-electron chi connectivity index (χ0n) is 8.81. The predicted molar refractivity (Wildman–Crippen MR) is 63.6 cm³/mol. The van der Waals surface area contributed by atoms with Crippen LogP contribution in [-0.4, -0.2) is 11.0 Å². The molecule has 2 aromatic rings. The fraction of sp³-hybridized carbons (Fsp3) is 0.0833. The van der Waals surface area contributed by atoms with Crippen molar-refractivity contribution < 1.29 is 14.3 Å². The van der Waals surface area contributed by atoms with Crippen molar-refractivity contribution >= 4 is 17.2 Å². The molecule has 88 valence electrons. The molecule has 0 aliphatic heterocycles. The maximum absolute atomic E-state index is 12.9. The zero-order chi connectivity index (χ0) is 12.3. The molecule has 0 aliphatic rings. The van der Waals surface area contributed by atoms with Gasteiger partial charge in [-0.1, -0.05) is 6.07 Å². The average Bonchev–Trinajstić information content (AvgIpc) is 2.82. The van der Waals surface area contributed by atoms with Crippen molar-refractivity contribution in [3.8, 4) is 5.75 Å². The third-order valence-electron chi connectivity index (χ3n) is 2.21. The minimum absolute atomic E-state index is 0.0541. The highest BCUT2D eigenvalue weighted by molar-refractivity contribution is 7.09. The van der Waals surface area contributed by atoms with Gasteiger partial charge < -0.3 is 10.4 Å². The van der Waals surface area contributed by atoms with E-state index in [1.54, 1.807) is 0 Å². The second-order valence-electron chi connectivity index (χ2n) is 3.42. The second kappa shape index (κ2) is 4.97. The van der Waals surface area contributed by atoms with E-state index >= 15 is 0 Å². The van der Waals surface area contributed by atoms with E-state index in [1.165, 1.54) is 11.3 Å². The first-order valence-electron chi connectivity index (χ1n) is 4.96. The number of carbonyl (C=O) groups excluding carboxylic acids is 1. The lowest BCUT2D eigenvalue weighted by molar-refractivity contribution is 0.0948. The summed E-state index contributed by atoms with van der Waals surface area (Å²) in [6.45, 7) is 0.368. The molecule has 0 aliphatic carbocycles. The quantitative estimate of drug-likeness (QED) is 0.880. The van der Waals surface area contributed by atoms with Crippen LogP contribution in [0.25, 0.3) is 0 Å². The number of thiophene rings is 1. The van der Waals surface area contributed by atoms with Crippen LogP contribution in [0.1, 0.15) is 15.2 Å². The molecule has 2 N–H and O–H groups in total. The van der Waals surface area contributed by atoms with Crippen molar-refractivity contribution in [2.24, 2.45) is 0 Å². The number of benzene rings is 1. The van der Waals surface area contributed by atoms with Gasteiger partial charge in [-0.3, -0.25) is 4.79 Å². The molecular weight excluding hydrogens is 241 g/mol. The van der Waals surface area contributed by atoms with Crippen LogP contribution >= 0.6 is 11.3 Å². The number of hydrogen-bond donors (Lipinski definition) is 2. The Morgan fingerprint density at radius 1 is 1.41 bits per heavy atom. The molecule has 1 aromatic carbocycles. The lowest BCUT2D eigenvalue weighted by Crippen LogP contribution is -2.22. The molecule has 2 rings (SSSR count). The van der Waals surface area contributed by atoms with E-state index < -0.39 is 11.7 Å². The third kappa shape index (κ3) is 2.82. The second-order valence-corrected chi connectivity index (χ2v) is 4.46. The van der Waals surface area contributed by atoms with E-state index in [9.17, 15) is 14.3 Å². The van der Waals surface area contributed by atoms with Gasteiger partial charge in [0, 0.05) is 4.88 Å². The summed E-state index contributed by atoms with van der Waals surface area (Å²) in [4.78, 5) is 12.7. The van der Waals surface area contributed by atoms with Crippen LogP contribution in [-0.2, 0) is 6.54 Å². The fourth-order valence-corrected chi connectivity index (χ4v) is 2.01. The van der Waals surface area contributed by atoms with Crippen LogP contribution < -0.4 is 5.32 Å². The van der Waals surface area contributed by atoms with Crippen molar-refractivity contribution in [3.63, 3.8) is 0 Å². The molecule has 0 radical (unpaired) electrons. The van der Waals surface area contributed by atoms with E-state index in [2.05, 4.69) is 5.32 Å². The van der Waals surface area contributed by atoms with Gasteiger partial charge >= 0.3 is 0 Å². The van der Waals surface area contributed by atoms with Crippen molar-refractivity contribution in [2.75, 3.05) is 0 Å². The number of phenols is 1. The molecule has 1 heterocycles. The highest BCUT2D eigenvalue weighted by atomic mass is 32.1. The van der Waals surface area contributed by atoms with Crippen LogP contribution in [0.4, 0.5) is 4.39 Å². The normalized spacial score (nSPS) is 10.2. The van der Waals surface area contributed by atoms with Gasteiger partial charge in [0.15, 0.2) is 0 Å². The Kier molecular flexibility index (Phi) is 3.39. The standard InChI is InChI=1S/C12H10FNO2S/c13-8-3-4-11(15)10(6-8)12(16)14-7-9-2-1-5-17-9/h1-6,15H,7H2,(H,14,16). The van der Waals surface area contributed by atoms with Crippen LogP contribution in [0.2, 0.25) is 0 Å². The Labute approximate surface area is 102 Å². The Morgan fingerprint density at radius 3 is 2.94 bits per heavy atom. The first-order valence-corrected chi connectivity index (χ1v) is 5.84. The first kappa shape index (κ1) is 11.6. The first-order chi connectivity index (χ1) is 8.16. The third-order valence-corrected chi connectivity index (χ3v) is 3.08. The van der Waals surface area contributed by atoms with E-state index in [0.29, 0.717) is 6.54 Å². The Bertz CT molecular complexity index is 525. The summed E-state index contributed by atoms with van der Waals surface area (Å²) in [6.07, 6.45) is 0. The van der Waals surface area contributed by atoms with Gasteiger partial charge in [-0.05, 0) is 29.6 Å². The Hall–Kier alpha value is -1.88. The van der Waals surface area contributed by atoms with Crippen molar-refractivity contribution in [3.05, 3.63) is 52.0 Å². The molecule has 0 saturated heterocycles. The van der Waals surface area contributed by atoms with Gasteiger partial charge in [0.05, 0.1) is 12.1 Å². The van der Waals surface area contributed by atoms with Crippen molar-refractivity contribution in [2.45, 2.75) is 6.54 Å². The summed E-state index contributed by atoms with van der Waals surface area (Å²) in [6, 6.07) is 7.04. The molecule has 0 fully saturated rings. The number of rotatable bonds is 3. The largest absolute Gasteiger partial charge is 0.507 e. The summed E-state index contributed by atoms with van der Waals surface area (Å²) >= 11 is 1.52. The van der Waals surface area contributed by atoms with Gasteiger partial charge in [0.1, 0.15) is 11.6 Å². The van der Waals surface area contributed by atoms with Crippen molar-refractivity contribution in [1.29, 1.82) is 0 Å². The monoisotopic (exact) mass is 251 g/mol. The van der Waals surface area contributed by atoms with Gasteiger partial charge in [-0.2, -0.15) is 0 Å². The van der Waals surface area contributed by atoms with E-state index in [4.69, 9.17) is 0 Å². The zero-order valence-corrected chi connectivity index (χ0v) is 9.63. The van der Waals surface area contributed by atoms with Gasteiger partial charge in [0.2, 0.25) is 0 Å². The summed E-state index contributed by atoms with van der Waals surface area (Å²) in [5.41, 5.74) is -0.0541. The molecule has 1 aromatic heterocycles. The number of carbonyl (C=O) groups is 1. The van der Waals surface area contributed by atoms with Crippen molar-refractivity contribution in [1.82, 2.24) is 5.32 Å². The SMILES string of the molecule is O=C(NCc1cccs1)c1cc(F)ccc1O. The molecule has 0 atom stereocenters. The van der Waals surface area contributed by atoms with E-state index in [1.807, 2.05) is 17.5 Å². The van der Waals surface area contributed by atoms with Crippen LogP contribution in [0.3, 0.4) is 0 Å². The number of nitrogens with one attached hydrogen (secondary N) is 1. The van der Waals surface area contributed by atoms with Crippen LogP contribution in [0.5, 0.6) is 5.75 Å². The van der Waals surface area contributed by atoms with E-state index in [-0.39, 0.29) is 11.3 Å². The summed E-state index contributed by atoms with van der Waals surface area (Å²) < 4.78 is 12.9. The predicted octanol–water partition coefficient (Wildman–Crippen LogP) is 2.52. The smallest absolute Gasteiger partial charge is 0.255 e.